The maximum Gasteiger partial charge on any atom is 0.169 e. The molecule has 3 N–H and O–H groups in total. The lowest BCUT2D eigenvalue weighted by Gasteiger charge is -1.97. The van der Waals surface area contributed by atoms with Gasteiger partial charge in [-0.2, -0.15) is 0 Å². The van der Waals surface area contributed by atoms with Crippen molar-refractivity contribution in [2.45, 2.75) is 12.1 Å². The Balaban J connectivity index is 2.06. The number of nitrogens with two attached hydrogens (primary N) is 1. The molecule has 2 heterocycles. The van der Waals surface area contributed by atoms with Crippen LogP contribution in [-0.4, -0.2) is 36.9 Å². The van der Waals surface area contributed by atoms with E-state index in [9.17, 15) is 4.39 Å². The molecule has 1 atom stereocenters. The minimum Gasteiger partial charge on any atom is -0.393 e. The number of nitrogens with zero attached hydrogens (tertiary/aromatic N) is 4. The summed E-state index contributed by atoms with van der Waals surface area (Å²) in [4.78, 5) is 11.9. The second-order valence-corrected chi connectivity index (χ2v) is 4.04. The summed E-state index contributed by atoms with van der Waals surface area (Å²) in [6, 6.07) is 0. The van der Waals surface area contributed by atoms with E-state index in [1.807, 2.05) is 0 Å². The van der Waals surface area contributed by atoms with E-state index in [-0.39, 0.29) is 12.2 Å². The monoisotopic (exact) mass is 235 g/mol. The Bertz CT molecular complexity index is 622. The van der Waals surface area contributed by atoms with Crippen LogP contribution in [0, 0.1) is 0 Å². The fourth-order valence-corrected chi connectivity index (χ4v) is 1.71. The highest BCUT2D eigenvalue weighted by molar-refractivity contribution is 5.82. The molecule has 1 aliphatic carbocycles. The average molecular weight is 235 g/mol. The topological polar surface area (TPSA) is 89.9 Å². The average Bonchev–Trinajstić information content (AvgIpc) is 2.78. The molecule has 3 rings (SSSR count). The summed E-state index contributed by atoms with van der Waals surface area (Å²) < 4.78 is 15.1. The van der Waals surface area contributed by atoms with E-state index < -0.39 is 12.3 Å². The number of hydrogen-bond donors (Lipinski definition) is 2. The molecule has 0 aliphatic heterocycles. The minimum atomic E-state index is -1.57. The van der Waals surface area contributed by atoms with Gasteiger partial charge in [0.25, 0.3) is 0 Å². The number of aliphatic hydroxyl groups excluding tert-OH is 1. The normalized spacial score (nSPS) is 25.6. The molecule has 0 aromatic carbocycles. The first kappa shape index (κ1) is 10.2. The number of fused-ring (bicyclic) bond motifs is 1. The van der Waals surface area contributed by atoms with E-state index in [1.165, 1.54) is 12.7 Å². The van der Waals surface area contributed by atoms with Crippen molar-refractivity contribution in [1.29, 1.82) is 0 Å². The third-order valence-electron chi connectivity index (χ3n) is 2.85. The van der Waals surface area contributed by atoms with Crippen LogP contribution in [-0.2, 0) is 0 Å². The van der Waals surface area contributed by atoms with Crippen LogP contribution in [0.15, 0.2) is 18.2 Å². The zero-order chi connectivity index (χ0) is 12.0. The molecule has 17 heavy (non-hydrogen) atoms. The van der Waals surface area contributed by atoms with Crippen molar-refractivity contribution in [1.82, 2.24) is 19.5 Å². The second kappa shape index (κ2) is 3.24. The number of imidazole rings is 1. The van der Waals surface area contributed by atoms with Gasteiger partial charge in [-0.25, -0.2) is 19.3 Å². The summed E-state index contributed by atoms with van der Waals surface area (Å²) in [5, 5.41) is 8.84. The summed E-state index contributed by atoms with van der Waals surface area (Å²) in [5.41, 5.74) is 5.59. The maximum absolute atomic E-state index is 13.6. The highest BCUT2D eigenvalue weighted by atomic mass is 19.1. The molecule has 1 fully saturated rings. The summed E-state index contributed by atoms with van der Waals surface area (Å²) >= 11 is 0. The van der Waals surface area contributed by atoms with E-state index >= 15 is 0 Å². The highest BCUT2D eigenvalue weighted by Gasteiger charge is 2.49. The van der Waals surface area contributed by atoms with Crippen molar-refractivity contribution in [3.63, 3.8) is 0 Å². The molecule has 7 heteroatoms. The fourth-order valence-electron chi connectivity index (χ4n) is 1.71. The van der Waals surface area contributed by atoms with Gasteiger partial charge in [-0.05, 0) is 5.57 Å². The van der Waals surface area contributed by atoms with Crippen LogP contribution in [0.5, 0.6) is 0 Å². The molecule has 0 bridgehead atoms. The van der Waals surface area contributed by atoms with E-state index in [0.29, 0.717) is 16.7 Å². The van der Waals surface area contributed by atoms with Gasteiger partial charge in [0.2, 0.25) is 0 Å². The lowest BCUT2D eigenvalue weighted by atomic mass is 10.4. The lowest BCUT2D eigenvalue weighted by molar-refractivity contribution is 0.170. The number of aromatic nitrogens is 4. The summed E-state index contributed by atoms with van der Waals surface area (Å²) in [6.45, 7) is -0.497. The summed E-state index contributed by atoms with van der Waals surface area (Å²) in [6.07, 6.45) is 4.65. The molecule has 0 amide bonds. The Morgan fingerprint density at radius 3 is 3.06 bits per heavy atom. The van der Waals surface area contributed by atoms with Gasteiger partial charge in [-0.3, -0.25) is 4.57 Å². The molecule has 0 saturated heterocycles. The van der Waals surface area contributed by atoms with E-state index in [2.05, 4.69) is 15.0 Å². The Kier molecular flexibility index (Phi) is 1.93. The first-order chi connectivity index (χ1) is 8.14. The molecule has 6 nitrogen and oxygen atoms in total. The SMILES string of the molecule is Nc1ncnc2c1ncn2/C=C1\CC1(F)CO. The second-order valence-electron chi connectivity index (χ2n) is 4.04. The van der Waals surface area contributed by atoms with E-state index in [1.54, 1.807) is 10.8 Å². The predicted octanol–water partition coefficient (Wildman–Crippen LogP) is 0.354. The first-order valence-corrected chi connectivity index (χ1v) is 5.08. The number of alkyl halides is 1. The quantitative estimate of drug-likeness (QED) is 0.784. The van der Waals surface area contributed by atoms with Gasteiger partial charge in [0.1, 0.15) is 12.7 Å². The third-order valence-corrected chi connectivity index (χ3v) is 2.85. The van der Waals surface area contributed by atoms with Crippen molar-refractivity contribution in [2.24, 2.45) is 0 Å². The summed E-state index contributed by atoms with van der Waals surface area (Å²) in [5.74, 6) is 0.289. The van der Waals surface area contributed by atoms with Gasteiger partial charge >= 0.3 is 0 Å². The van der Waals surface area contributed by atoms with Gasteiger partial charge in [-0.15, -0.1) is 0 Å². The zero-order valence-electron chi connectivity index (χ0n) is 8.84. The molecular formula is C10H10FN5O. The molecule has 0 spiro atoms. The van der Waals surface area contributed by atoms with Crippen LogP contribution >= 0.6 is 0 Å². The number of anilines is 1. The highest BCUT2D eigenvalue weighted by Crippen LogP contribution is 2.46. The molecule has 0 radical (unpaired) electrons. The molecular weight excluding hydrogens is 225 g/mol. The van der Waals surface area contributed by atoms with Gasteiger partial charge in [-0.1, -0.05) is 0 Å². The smallest absolute Gasteiger partial charge is 0.169 e. The van der Waals surface area contributed by atoms with Gasteiger partial charge in [0.05, 0.1) is 6.61 Å². The molecule has 1 aliphatic rings. The predicted molar refractivity (Wildman–Crippen MR) is 59.6 cm³/mol. The standard InChI is InChI=1S/C10H10FN5O/c11-10(3-17)1-6(10)2-16-5-15-7-8(12)13-4-14-9(7)16/h2,4-5,17H,1,3H2,(H2,12,13,14)/b6-2+. The Morgan fingerprint density at radius 2 is 2.35 bits per heavy atom. The van der Waals surface area contributed by atoms with Crippen molar-refractivity contribution in [3.05, 3.63) is 18.2 Å². The Morgan fingerprint density at radius 1 is 1.53 bits per heavy atom. The molecule has 2 aromatic rings. The Labute approximate surface area is 95.6 Å². The largest absolute Gasteiger partial charge is 0.393 e. The van der Waals surface area contributed by atoms with Crippen molar-refractivity contribution in [2.75, 3.05) is 12.3 Å². The number of aliphatic hydroxyl groups is 1. The lowest BCUT2D eigenvalue weighted by Crippen LogP contribution is -2.06. The molecule has 1 unspecified atom stereocenters. The number of halogens is 1. The van der Waals surface area contributed by atoms with Crippen molar-refractivity contribution < 1.29 is 9.50 Å². The van der Waals surface area contributed by atoms with Crippen LogP contribution in [0.4, 0.5) is 10.2 Å². The van der Waals surface area contributed by atoms with Gasteiger partial charge in [0, 0.05) is 12.6 Å². The number of hydrogen-bond acceptors (Lipinski definition) is 5. The fraction of sp³-hybridized carbons (Fsp3) is 0.300. The number of nitrogen functional groups attached to an aromatic ring is 1. The first-order valence-electron chi connectivity index (χ1n) is 5.08. The van der Waals surface area contributed by atoms with Crippen LogP contribution in [0.3, 0.4) is 0 Å². The van der Waals surface area contributed by atoms with Crippen LogP contribution in [0.25, 0.3) is 17.4 Å². The maximum atomic E-state index is 13.6. The van der Waals surface area contributed by atoms with Crippen LogP contribution in [0.1, 0.15) is 6.42 Å². The molecule has 2 aromatic heterocycles. The van der Waals surface area contributed by atoms with E-state index in [0.717, 1.165) is 0 Å². The Hall–Kier alpha value is -2.02. The van der Waals surface area contributed by atoms with E-state index in [4.69, 9.17) is 10.8 Å². The van der Waals surface area contributed by atoms with Crippen molar-refractivity contribution in [3.8, 4) is 0 Å². The summed E-state index contributed by atoms with van der Waals surface area (Å²) in [7, 11) is 0. The van der Waals surface area contributed by atoms with Crippen LogP contribution in [0.2, 0.25) is 0 Å². The zero-order valence-corrected chi connectivity index (χ0v) is 8.84. The molecule has 88 valence electrons. The van der Waals surface area contributed by atoms with Crippen molar-refractivity contribution >= 4 is 23.2 Å². The third kappa shape index (κ3) is 1.47. The van der Waals surface area contributed by atoms with Crippen LogP contribution < -0.4 is 5.73 Å². The minimum absolute atomic E-state index is 0.240. The van der Waals surface area contributed by atoms with Gasteiger partial charge < -0.3 is 10.8 Å². The molecule has 1 saturated carbocycles. The van der Waals surface area contributed by atoms with Gasteiger partial charge in [0.15, 0.2) is 22.7 Å². The number of rotatable bonds is 2.